The number of alkyl halides is 3. The summed E-state index contributed by atoms with van der Waals surface area (Å²) in [6.07, 6.45) is 3.27. The minimum Gasteiger partial charge on any atom is -0.476 e. The van der Waals surface area contributed by atoms with Crippen molar-refractivity contribution in [2.24, 2.45) is 17.6 Å². The Morgan fingerprint density at radius 1 is 1.15 bits per heavy atom. The minimum absolute atomic E-state index is 0.0168. The van der Waals surface area contributed by atoms with Crippen LogP contribution in [0.2, 0.25) is 0 Å². The van der Waals surface area contributed by atoms with E-state index < -0.39 is 32.2 Å². The number of pyridine rings is 1. The molecule has 3 fully saturated rings. The number of carbonyl (C=O) groups is 1. The SMILES string of the molecule is NCc1ccnc(OC[C@@H]2CC(C3CCCCC3)CN2S(=O)(=O)N2CCS(=O)(=O)CC2)c1.O=C(O)C(F)(F)F. The molecule has 1 aliphatic carbocycles. The first-order valence-electron chi connectivity index (χ1n) is 12.8. The molecule has 2 atom stereocenters. The third-order valence-electron chi connectivity index (χ3n) is 7.34. The third kappa shape index (κ3) is 8.74. The van der Waals surface area contributed by atoms with Gasteiger partial charge in [0.2, 0.25) is 5.88 Å². The molecule has 0 amide bonds. The molecular weight excluding hydrogens is 565 g/mol. The third-order valence-corrected chi connectivity index (χ3v) is 11.0. The predicted molar refractivity (Wildman–Crippen MR) is 136 cm³/mol. The highest BCUT2D eigenvalue weighted by Gasteiger charge is 2.45. The van der Waals surface area contributed by atoms with Gasteiger partial charge < -0.3 is 15.6 Å². The van der Waals surface area contributed by atoms with Crippen LogP contribution in [0.5, 0.6) is 5.88 Å². The largest absolute Gasteiger partial charge is 0.490 e. The van der Waals surface area contributed by atoms with Crippen LogP contribution in [0.15, 0.2) is 18.3 Å². The Kier molecular flexibility index (Phi) is 10.6. The molecular formula is C23H35F3N4O7S2. The number of aliphatic carboxylic acids is 1. The van der Waals surface area contributed by atoms with Gasteiger partial charge in [-0.1, -0.05) is 32.1 Å². The first kappa shape index (κ1) is 31.5. The van der Waals surface area contributed by atoms with Gasteiger partial charge >= 0.3 is 12.1 Å². The molecule has 39 heavy (non-hydrogen) atoms. The van der Waals surface area contributed by atoms with Crippen molar-refractivity contribution >= 4 is 26.0 Å². The smallest absolute Gasteiger partial charge is 0.476 e. The van der Waals surface area contributed by atoms with Crippen molar-refractivity contribution in [3.8, 4) is 5.88 Å². The standard InChI is InChI=1S/C21H34N4O5S2.C2HF3O2/c22-14-17-6-7-23-21(12-17)30-16-20-13-19(18-4-2-1-3-5-18)15-25(20)32(28,29)24-8-10-31(26,27)11-9-24;3-2(4,5)1(6)7/h6-7,12,18-20H,1-5,8-11,13-16,22H2;(H,6,7)/t19?,20-;/m0./s1. The molecule has 1 saturated carbocycles. The summed E-state index contributed by atoms with van der Waals surface area (Å²) in [6.45, 7) is 1.10. The van der Waals surface area contributed by atoms with Crippen LogP contribution in [0.25, 0.3) is 0 Å². The number of halogens is 3. The van der Waals surface area contributed by atoms with Gasteiger partial charge in [-0.15, -0.1) is 0 Å². The summed E-state index contributed by atoms with van der Waals surface area (Å²) in [5.41, 5.74) is 6.60. The Labute approximate surface area is 226 Å². The maximum absolute atomic E-state index is 13.5. The second-order valence-corrected chi connectivity index (χ2v) is 14.2. The molecule has 3 aliphatic rings. The Morgan fingerprint density at radius 3 is 2.33 bits per heavy atom. The highest BCUT2D eigenvalue weighted by Crippen LogP contribution is 2.39. The second-order valence-electron chi connectivity index (χ2n) is 10.00. The molecule has 11 nitrogen and oxygen atoms in total. The van der Waals surface area contributed by atoms with E-state index >= 15 is 0 Å². The van der Waals surface area contributed by atoms with Gasteiger partial charge in [-0.3, -0.25) is 0 Å². The number of nitrogens with two attached hydrogens (primary N) is 1. The van der Waals surface area contributed by atoms with Crippen LogP contribution in [0.1, 0.15) is 44.1 Å². The van der Waals surface area contributed by atoms with E-state index in [4.69, 9.17) is 20.4 Å². The maximum atomic E-state index is 13.5. The number of ether oxygens (including phenoxy) is 1. The van der Waals surface area contributed by atoms with Crippen LogP contribution in [0.3, 0.4) is 0 Å². The van der Waals surface area contributed by atoms with Gasteiger partial charge in [-0.05, 0) is 29.9 Å². The topological polar surface area (TPSA) is 160 Å². The highest BCUT2D eigenvalue weighted by atomic mass is 32.2. The van der Waals surface area contributed by atoms with Gasteiger partial charge in [0.1, 0.15) is 6.61 Å². The summed E-state index contributed by atoms with van der Waals surface area (Å²) in [4.78, 5) is 13.1. The Hall–Kier alpha value is -2.01. The van der Waals surface area contributed by atoms with Crippen LogP contribution in [-0.4, -0.2) is 91.5 Å². The number of aromatic nitrogens is 1. The van der Waals surface area contributed by atoms with E-state index in [0.29, 0.717) is 30.8 Å². The zero-order valence-corrected chi connectivity index (χ0v) is 23.1. The summed E-state index contributed by atoms with van der Waals surface area (Å²) >= 11 is 0. The van der Waals surface area contributed by atoms with E-state index in [1.165, 1.54) is 23.6 Å². The zero-order chi connectivity index (χ0) is 28.8. The van der Waals surface area contributed by atoms with Crippen LogP contribution >= 0.6 is 0 Å². The lowest BCUT2D eigenvalue weighted by molar-refractivity contribution is -0.192. The van der Waals surface area contributed by atoms with Crippen LogP contribution in [0.4, 0.5) is 13.2 Å². The molecule has 0 aromatic carbocycles. The normalized spacial score (nSPS) is 25.0. The van der Waals surface area contributed by atoms with E-state index in [0.717, 1.165) is 24.8 Å². The zero-order valence-electron chi connectivity index (χ0n) is 21.4. The lowest BCUT2D eigenvalue weighted by atomic mass is 9.79. The summed E-state index contributed by atoms with van der Waals surface area (Å²) < 4.78 is 91.2. The number of carboxylic acids is 1. The van der Waals surface area contributed by atoms with Crippen molar-refractivity contribution < 1.29 is 44.6 Å². The van der Waals surface area contributed by atoms with Crippen molar-refractivity contribution in [2.45, 2.75) is 57.3 Å². The molecule has 2 aliphatic heterocycles. The maximum Gasteiger partial charge on any atom is 0.490 e. The molecule has 1 aromatic rings. The average molecular weight is 601 g/mol. The van der Waals surface area contributed by atoms with Crippen LogP contribution < -0.4 is 10.5 Å². The second kappa shape index (κ2) is 13.1. The van der Waals surface area contributed by atoms with Gasteiger partial charge in [-0.25, -0.2) is 18.2 Å². The van der Waals surface area contributed by atoms with Crippen LogP contribution in [-0.2, 0) is 31.4 Å². The Balaban J connectivity index is 0.000000532. The summed E-state index contributed by atoms with van der Waals surface area (Å²) in [7, 11) is -6.93. The number of hydrogen-bond donors (Lipinski definition) is 2. The van der Waals surface area contributed by atoms with E-state index in [1.54, 1.807) is 16.6 Å². The number of nitrogens with zero attached hydrogens (tertiary/aromatic N) is 3. The van der Waals surface area contributed by atoms with E-state index in [9.17, 15) is 30.0 Å². The number of sulfone groups is 1. The molecule has 0 spiro atoms. The number of rotatable bonds is 7. The molecule has 4 rings (SSSR count). The number of hydrogen-bond acceptors (Lipinski definition) is 8. The molecule has 0 radical (unpaired) electrons. The van der Waals surface area contributed by atoms with Gasteiger partial charge in [0, 0.05) is 38.4 Å². The quantitative estimate of drug-likeness (QED) is 0.476. The summed E-state index contributed by atoms with van der Waals surface area (Å²) in [5, 5.41) is 7.12. The molecule has 1 unspecified atom stereocenters. The van der Waals surface area contributed by atoms with Crippen molar-refractivity contribution in [1.29, 1.82) is 0 Å². The lowest BCUT2D eigenvalue weighted by Crippen LogP contribution is -2.52. The Bertz CT molecular complexity index is 1180. The van der Waals surface area contributed by atoms with Gasteiger partial charge in [-0.2, -0.15) is 30.2 Å². The predicted octanol–water partition coefficient (Wildman–Crippen LogP) is 1.80. The first-order valence-corrected chi connectivity index (χ1v) is 16.0. The number of carboxylic acid groups (broad SMARTS) is 1. The van der Waals surface area contributed by atoms with Crippen molar-refractivity contribution in [3.63, 3.8) is 0 Å². The van der Waals surface area contributed by atoms with Gasteiger partial charge in [0.05, 0.1) is 17.5 Å². The molecule has 3 N–H and O–H groups in total. The molecule has 1 aromatic heterocycles. The first-order chi connectivity index (χ1) is 18.2. The fourth-order valence-electron chi connectivity index (χ4n) is 5.22. The Morgan fingerprint density at radius 2 is 1.77 bits per heavy atom. The van der Waals surface area contributed by atoms with Gasteiger partial charge in [0.25, 0.3) is 10.2 Å². The fraction of sp³-hybridized carbons (Fsp3) is 0.739. The van der Waals surface area contributed by atoms with Crippen LogP contribution in [0, 0.1) is 11.8 Å². The van der Waals surface area contributed by atoms with E-state index in [2.05, 4.69) is 4.98 Å². The monoisotopic (exact) mass is 600 g/mol. The van der Waals surface area contributed by atoms with Crippen molar-refractivity contribution in [1.82, 2.24) is 13.6 Å². The molecule has 3 heterocycles. The lowest BCUT2D eigenvalue weighted by Gasteiger charge is -2.33. The molecule has 0 bridgehead atoms. The van der Waals surface area contributed by atoms with Crippen molar-refractivity contribution in [3.05, 3.63) is 23.9 Å². The molecule has 222 valence electrons. The molecule has 16 heteroatoms. The highest BCUT2D eigenvalue weighted by molar-refractivity contribution is 7.91. The summed E-state index contributed by atoms with van der Waals surface area (Å²) in [5.74, 6) is -1.72. The van der Waals surface area contributed by atoms with E-state index in [-0.39, 0.29) is 37.2 Å². The van der Waals surface area contributed by atoms with Crippen molar-refractivity contribution in [2.75, 3.05) is 37.7 Å². The molecule has 2 saturated heterocycles. The summed E-state index contributed by atoms with van der Waals surface area (Å²) in [6, 6.07) is 3.30. The average Bonchev–Trinajstić information content (AvgIpc) is 3.33. The van der Waals surface area contributed by atoms with Gasteiger partial charge in [0.15, 0.2) is 9.84 Å². The fourth-order valence-corrected chi connectivity index (χ4v) is 8.49. The minimum atomic E-state index is -5.08. The van der Waals surface area contributed by atoms with E-state index in [1.807, 2.05) is 6.07 Å².